The van der Waals surface area contributed by atoms with E-state index in [1.807, 2.05) is 35.6 Å². The summed E-state index contributed by atoms with van der Waals surface area (Å²) < 4.78 is 2.54. The average Bonchev–Trinajstić information content (AvgIpc) is 3.60. The van der Waals surface area contributed by atoms with Crippen LogP contribution in [0.25, 0.3) is 97.9 Å². The summed E-state index contributed by atoms with van der Waals surface area (Å²) in [5.74, 6) is 0.716. The van der Waals surface area contributed by atoms with Crippen molar-refractivity contribution in [3.63, 3.8) is 0 Å². The summed E-state index contributed by atoms with van der Waals surface area (Å²) in [6, 6.07) is 65.0. The Bertz CT molecular complexity index is 2830. The second kappa shape index (κ2) is 12.2. The molecule has 8 aromatic carbocycles. The summed E-state index contributed by atoms with van der Waals surface area (Å²) in [7, 11) is 0. The molecule has 0 atom stereocenters. The molecule has 0 aliphatic rings. The van der Waals surface area contributed by atoms with Crippen LogP contribution in [0, 0.1) is 0 Å². The van der Waals surface area contributed by atoms with Gasteiger partial charge in [0.1, 0.15) is 0 Å². The van der Waals surface area contributed by atoms with Crippen molar-refractivity contribution in [2.45, 2.75) is 0 Å². The van der Waals surface area contributed by atoms with Crippen molar-refractivity contribution in [1.82, 2.24) is 9.97 Å². The van der Waals surface area contributed by atoms with Crippen molar-refractivity contribution in [3.05, 3.63) is 182 Å². The van der Waals surface area contributed by atoms with E-state index >= 15 is 0 Å². The van der Waals surface area contributed by atoms with Gasteiger partial charge in [0.2, 0.25) is 0 Å². The molecule has 10 aromatic rings. The topological polar surface area (TPSA) is 25.8 Å². The number of thiophene rings is 1. The highest BCUT2D eigenvalue weighted by atomic mass is 32.1. The largest absolute Gasteiger partial charge is 0.228 e. The molecule has 2 heterocycles. The van der Waals surface area contributed by atoms with Gasteiger partial charge in [-0.15, -0.1) is 11.3 Å². The molecule has 0 amide bonds. The summed E-state index contributed by atoms with van der Waals surface area (Å²) in [4.78, 5) is 10.4. The first-order valence-electron chi connectivity index (χ1n) is 17.2. The summed E-state index contributed by atoms with van der Waals surface area (Å²) in [5, 5.41) is 7.61. The van der Waals surface area contributed by atoms with E-state index in [9.17, 15) is 0 Å². The third kappa shape index (κ3) is 5.10. The van der Waals surface area contributed by atoms with Crippen molar-refractivity contribution in [3.8, 4) is 56.2 Å². The van der Waals surface area contributed by atoms with E-state index in [4.69, 9.17) is 9.97 Å². The smallest absolute Gasteiger partial charge is 0.160 e. The molecule has 2 aromatic heterocycles. The number of hydrogen-bond donors (Lipinski definition) is 0. The van der Waals surface area contributed by atoms with Crippen LogP contribution >= 0.6 is 11.3 Å². The maximum absolute atomic E-state index is 5.27. The fraction of sp³-hybridized carbons (Fsp3) is 0. The molecular formula is C48H30N2S. The highest BCUT2D eigenvalue weighted by molar-refractivity contribution is 7.26. The Morgan fingerprint density at radius 3 is 1.75 bits per heavy atom. The normalized spacial score (nSPS) is 11.5. The first-order valence-corrected chi connectivity index (χ1v) is 18.1. The minimum Gasteiger partial charge on any atom is -0.228 e. The lowest BCUT2D eigenvalue weighted by Crippen LogP contribution is -1.97. The van der Waals surface area contributed by atoms with Gasteiger partial charge in [0, 0.05) is 42.4 Å². The van der Waals surface area contributed by atoms with Crippen molar-refractivity contribution < 1.29 is 0 Å². The van der Waals surface area contributed by atoms with Gasteiger partial charge in [-0.2, -0.15) is 0 Å². The van der Waals surface area contributed by atoms with Crippen molar-refractivity contribution in [2.24, 2.45) is 0 Å². The predicted octanol–water partition coefficient (Wildman–Crippen LogP) is 13.5. The zero-order chi connectivity index (χ0) is 33.7. The third-order valence-electron chi connectivity index (χ3n) is 9.90. The molecule has 0 fully saturated rings. The highest BCUT2D eigenvalue weighted by Crippen LogP contribution is 2.46. The molecule has 51 heavy (non-hydrogen) atoms. The van der Waals surface area contributed by atoms with Gasteiger partial charge >= 0.3 is 0 Å². The van der Waals surface area contributed by atoms with Gasteiger partial charge in [-0.25, -0.2) is 9.97 Å². The molecule has 3 heteroatoms. The van der Waals surface area contributed by atoms with Gasteiger partial charge in [-0.05, 0) is 56.4 Å². The van der Waals surface area contributed by atoms with Gasteiger partial charge in [-0.1, -0.05) is 164 Å². The molecule has 0 aliphatic heterocycles. The second-order valence-corrected chi connectivity index (χ2v) is 14.0. The van der Waals surface area contributed by atoms with Gasteiger partial charge in [0.25, 0.3) is 0 Å². The Hall–Kier alpha value is -6.42. The minimum absolute atomic E-state index is 0.716. The van der Waals surface area contributed by atoms with Crippen LogP contribution in [0.15, 0.2) is 182 Å². The minimum atomic E-state index is 0.716. The van der Waals surface area contributed by atoms with Crippen LogP contribution in [0.2, 0.25) is 0 Å². The lowest BCUT2D eigenvalue weighted by Gasteiger charge is -2.15. The third-order valence-corrected chi connectivity index (χ3v) is 11.1. The molecule has 0 aliphatic carbocycles. The SMILES string of the molecule is c1ccc(-c2cc(-c3ccc4c(sc5ccccc54)c3-c3ccc(-c4cc5ccccc5c5ccccc45)cc3)nc(-c3ccccc3)n2)cc1. The van der Waals surface area contributed by atoms with Crippen LogP contribution in [-0.4, -0.2) is 9.97 Å². The van der Waals surface area contributed by atoms with E-state index in [0.717, 1.165) is 33.6 Å². The maximum atomic E-state index is 5.27. The molecule has 2 nitrogen and oxygen atoms in total. The maximum Gasteiger partial charge on any atom is 0.160 e. The molecule has 10 rings (SSSR count). The number of nitrogens with zero attached hydrogens (tertiary/aromatic N) is 2. The van der Waals surface area contributed by atoms with E-state index in [1.54, 1.807) is 0 Å². The first-order chi connectivity index (χ1) is 25.3. The second-order valence-electron chi connectivity index (χ2n) is 12.9. The molecular weight excluding hydrogens is 637 g/mol. The number of aromatic nitrogens is 2. The van der Waals surface area contributed by atoms with E-state index in [-0.39, 0.29) is 0 Å². The Morgan fingerprint density at radius 1 is 0.353 bits per heavy atom. The van der Waals surface area contributed by atoms with E-state index < -0.39 is 0 Å². The molecule has 0 radical (unpaired) electrons. The average molecular weight is 667 g/mol. The first kappa shape index (κ1) is 29.5. The summed E-state index contributed by atoms with van der Waals surface area (Å²) in [6.45, 7) is 0. The molecule has 0 N–H and O–H groups in total. The van der Waals surface area contributed by atoms with Crippen LogP contribution < -0.4 is 0 Å². The number of hydrogen-bond acceptors (Lipinski definition) is 3. The summed E-state index contributed by atoms with van der Waals surface area (Å²) in [5.41, 5.74) is 9.76. The standard InChI is InChI=1S/C48H30N2S/c1-3-13-32(14-4-1)43-30-44(50-48(49-43)34-15-5-2-6-16-34)41-28-27-40-39-21-11-12-22-45(39)51-47(40)46(41)33-25-23-31(24-26-33)42-29-35-17-7-8-18-36(35)37-19-9-10-20-38(37)42/h1-30H. The fourth-order valence-electron chi connectivity index (χ4n) is 7.46. The Balaban J connectivity index is 1.20. The van der Waals surface area contributed by atoms with E-state index in [1.165, 1.54) is 58.4 Å². The van der Waals surface area contributed by atoms with Crippen molar-refractivity contribution in [2.75, 3.05) is 0 Å². The zero-order valence-electron chi connectivity index (χ0n) is 27.6. The fourth-order valence-corrected chi connectivity index (χ4v) is 8.73. The number of rotatable bonds is 5. The number of benzene rings is 8. The van der Waals surface area contributed by atoms with Crippen LogP contribution in [0.5, 0.6) is 0 Å². The lowest BCUT2D eigenvalue weighted by molar-refractivity contribution is 1.18. The van der Waals surface area contributed by atoms with Crippen molar-refractivity contribution in [1.29, 1.82) is 0 Å². The van der Waals surface area contributed by atoms with Crippen molar-refractivity contribution >= 4 is 53.1 Å². The monoisotopic (exact) mass is 666 g/mol. The van der Waals surface area contributed by atoms with Crippen LogP contribution in [0.3, 0.4) is 0 Å². The number of fused-ring (bicyclic) bond motifs is 6. The molecule has 0 bridgehead atoms. The predicted molar refractivity (Wildman–Crippen MR) is 217 cm³/mol. The molecule has 238 valence electrons. The summed E-state index contributed by atoms with van der Waals surface area (Å²) in [6.07, 6.45) is 0. The Labute approximate surface area is 300 Å². The molecule has 0 saturated heterocycles. The highest BCUT2D eigenvalue weighted by Gasteiger charge is 2.19. The summed E-state index contributed by atoms with van der Waals surface area (Å²) >= 11 is 1.85. The van der Waals surface area contributed by atoms with E-state index in [2.05, 4.69) is 158 Å². The van der Waals surface area contributed by atoms with E-state index in [0.29, 0.717) is 5.82 Å². The molecule has 0 saturated carbocycles. The van der Waals surface area contributed by atoms with Gasteiger partial charge in [-0.3, -0.25) is 0 Å². The lowest BCUT2D eigenvalue weighted by atomic mass is 9.91. The van der Waals surface area contributed by atoms with Gasteiger partial charge in [0.15, 0.2) is 5.82 Å². The van der Waals surface area contributed by atoms with Crippen LogP contribution in [0.1, 0.15) is 0 Å². The van der Waals surface area contributed by atoms with Gasteiger partial charge < -0.3 is 0 Å². The molecule has 0 unspecified atom stereocenters. The molecule has 0 spiro atoms. The Kier molecular flexibility index (Phi) is 7.04. The van der Waals surface area contributed by atoms with Gasteiger partial charge in [0.05, 0.1) is 11.4 Å². The zero-order valence-corrected chi connectivity index (χ0v) is 28.4. The Morgan fingerprint density at radius 2 is 0.961 bits per heavy atom. The quantitative estimate of drug-likeness (QED) is 0.171. The van der Waals surface area contributed by atoms with Crippen LogP contribution in [0.4, 0.5) is 0 Å². The van der Waals surface area contributed by atoms with Crippen LogP contribution in [-0.2, 0) is 0 Å².